The van der Waals surface area contributed by atoms with Crippen molar-refractivity contribution in [2.24, 2.45) is 5.73 Å². The molecule has 19 heavy (non-hydrogen) atoms. The molecular formula is C12H12BrN3O2S. The zero-order valence-corrected chi connectivity index (χ0v) is 12.5. The molecule has 0 fully saturated rings. The Morgan fingerprint density at radius 1 is 1.58 bits per heavy atom. The van der Waals surface area contributed by atoms with Crippen LogP contribution >= 0.6 is 27.3 Å². The number of rotatable bonds is 3. The number of nitrogens with two attached hydrogens (primary N) is 1. The van der Waals surface area contributed by atoms with Crippen LogP contribution in [0, 0.1) is 0 Å². The van der Waals surface area contributed by atoms with Crippen LogP contribution in [0.5, 0.6) is 5.75 Å². The first-order valence-corrected chi connectivity index (χ1v) is 7.15. The van der Waals surface area contributed by atoms with Gasteiger partial charge in [0.15, 0.2) is 5.13 Å². The second kappa shape index (κ2) is 5.68. The number of carbonyl (C=O) groups excluding carboxylic acids is 1. The van der Waals surface area contributed by atoms with E-state index in [1.807, 2.05) is 6.92 Å². The fourth-order valence-electron chi connectivity index (χ4n) is 1.41. The average Bonchev–Trinajstić information content (AvgIpc) is 2.77. The highest BCUT2D eigenvalue weighted by Crippen LogP contribution is 2.24. The van der Waals surface area contributed by atoms with E-state index in [-0.39, 0.29) is 17.4 Å². The molecule has 100 valence electrons. The van der Waals surface area contributed by atoms with E-state index in [0.29, 0.717) is 9.60 Å². The van der Waals surface area contributed by atoms with Gasteiger partial charge >= 0.3 is 0 Å². The second-order valence-electron chi connectivity index (χ2n) is 3.98. The molecular weight excluding hydrogens is 330 g/mol. The number of nitrogens with one attached hydrogen (secondary N) is 1. The van der Waals surface area contributed by atoms with Crippen molar-refractivity contribution < 1.29 is 9.90 Å². The molecule has 2 rings (SSSR count). The molecule has 1 amide bonds. The standard InChI is InChI=1S/C12H12BrN3O2S/c1-6(14)9-5-19-12(15-9)16-11(18)8-3-2-7(13)4-10(8)17/h2-6,17H,14H2,1H3,(H,15,16,18). The van der Waals surface area contributed by atoms with Crippen LogP contribution in [0.15, 0.2) is 28.1 Å². The average molecular weight is 342 g/mol. The second-order valence-corrected chi connectivity index (χ2v) is 5.76. The van der Waals surface area contributed by atoms with Crippen LogP contribution < -0.4 is 11.1 Å². The zero-order valence-electron chi connectivity index (χ0n) is 10.1. The van der Waals surface area contributed by atoms with Gasteiger partial charge in [0, 0.05) is 15.9 Å². The summed E-state index contributed by atoms with van der Waals surface area (Å²) in [6, 6.07) is 4.51. The highest BCUT2D eigenvalue weighted by molar-refractivity contribution is 9.10. The van der Waals surface area contributed by atoms with Crippen LogP contribution in [0.3, 0.4) is 0 Å². The Morgan fingerprint density at radius 2 is 2.32 bits per heavy atom. The molecule has 1 heterocycles. The van der Waals surface area contributed by atoms with Gasteiger partial charge in [-0.3, -0.25) is 10.1 Å². The van der Waals surface area contributed by atoms with Gasteiger partial charge in [0.05, 0.1) is 11.3 Å². The Hall–Kier alpha value is -1.44. The minimum atomic E-state index is -0.407. The number of amides is 1. The van der Waals surface area contributed by atoms with Gasteiger partial charge in [-0.05, 0) is 25.1 Å². The Bertz CT molecular complexity index is 613. The van der Waals surface area contributed by atoms with E-state index in [1.54, 1.807) is 11.4 Å². The number of phenols is 1. The molecule has 5 nitrogen and oxygen atoms in total. The zero-order chi connectivity index (χ0) is 14.0. The van der Waals surface area contributed by atoms with Gasteiger partial charge in [-0.15, -0.1) is 11.3 Å². The van der Waals surface area contributed by atoms with Crippen molar-refractivity contribution in [3.8, 4) is 5.75 Å². The maximum absolute atomic E-state index is 12.0. The molecule has 0 radical (unpaired) electrons. The molecule has 0 spiro atoms. The van der Waals surface area contributed by atoms with Crippen molar-refractivity contribution in [1.82, 2.24) is 4.98 Å². The van der Waals surface area contributed by atoms with Gasteiger partial charge in [0.1, 0.15) is 5.75 Å². The molecule has 1 atom stereocenters. The van der Waals surface area contributed by atoms with Gasteiger partial charge in [0.25, 0.3) is 5.91 Å². The lowest BCUT2D eigenvalue weighted by Crippen LogP contribution is -2.12. The number of phenolic OH excluding ortho intramolecular Hbond substituents is 1. The van der Waals surface area contributed by atoms with E-state index < -0.39 is 5.91 Å². The summed E-state index contributed by atoms with van der Waals surface area (Å²) in [5.74, 6) is -0.494. The Balaban J connectivity index is 2.16. The van der Waals surface area contributed by atoms with E-state index >= 15 is 0 Å². The molecule has 2 aromatic rings. The van der Waals surface area contributed by atoms with E-state index in [1.165, 1.54) is 23.5 Å². The lowest BCUT2D eigenvalue weighted by Gasteiger charge is -2.04. The van der Waals surface area contributed by atoms with Crippen LogP contribution in [0.4, 0.5) is 5.13 Å². The fraction of sp³-hybridized carbons (Fsp3) is 0.167. The maximum Gasteiger partial charge on any atom is 0.261 e. The van der Waals surface area contributed by atoms with E-state index in [9.17, 15) is 9.90 Å². The monoisotopic (exact) mass is 341 g/mol. The Labute approximate surface area is 122 Å². The van der Waals surface area contributed by atoms with E-state index in [0.717, 1.165) is 5.69 Å². The van der Waals surface area contributed by atoms with E-state index in [2.05, 4.69) is 26.2 Å². The molecule has 1 unspecified atom stereocenters. The van der Waals surface area contributed by atoms with Crippen molar-refractivity contribution in [2.45, 2.75) is 13.0 Å². The topological polar surface area (TPSA) is 88.2 Å². The fourth-order valence-corrected chi connectivity index (χ4v) is 2.57. The first-order chi connectivity index (χ1) is 8.97. The lowest BCUT2D eigenvalue weighted by atomic mass is 10.2. The predicted octanol–water partition coefficient (Wildman–Crippen LogP) is 2.88. The van der Waals surface area contributed by atoms with Gasteiger partial charge in [-0.2, -0.15) is 0 Å². The van der Waals surface area contributed by atoms with Crippen LogP contribution in [0.1, 0.15) is 29.0 Å². The molecule has 4 N–H and O–H groups in total. The SMILES string of the molecule is CC(N)c1csc(NC(=O)c2ccc(Br)cc2O)n1. The third-order valence-electron chi connectivity index (χ3n) is 2.41. The maximum atomic E-state index is 12.0. The molecule has 1 aromatic carbocycles. The van der Waals surface area contributed by atoms with Crippen LogP contribution in [-0.4, -0.2) is 16.0 Å². The number of benzene rings is 1. The molecule has 1 aromatic heterocycles. The van der Waals surface area contributed by atoms with Gasteiger partial charge in [-0.25, -0.2) is 4.98 Å². The number of hydrogen-bond acceptors (Lipinski definition) is 5. The third kappa shape index (κ3) is 3.31. The summed E-state index contributed by atoms with van der Waals surface area (Å²) in [5.41, 5.74) is 6.61. The number of thiazole rings is 1. The van der Waals surface area contributed by atoms with Crippen molar-refractivity contribution in [3.63, 3.8) is 0 Å². The number of aromatic nitrogens is 1. The summed E-state index contributed by atoms with van der Waals surface area (Å²) in [7, 11) is 0. The molecule has 0 aliphatic heterocycles. The summed E-state index contributed by atoms with van der Waals surface area (Å²) in [4.78, 5) is 16.2. The number of halogens is 1. The first kappa shape index (κ1) is 14.0. The Kier molecular flexibility index (Phi) is 4.18. The minimum absolute atomic E-state index is 0.0872. The summed E-state index contributed by atoms with van der Waals surface area (Å²) < 4.78 is 0.704. The number of anilines is 1. The van der Waals surface area contributed by atoms with Crippen LogP contribution in [0.25, 0.3) is 0 Å². The van der Waals surface area contributed by atoms with Crippen LogP contribution in [-0.2, 0) is 0 Å². The van der Waals surface area contributed by atoms with Crippen LogP contribution in [0.2, 0.25) is 0 Å². The molecule has 0 aliphatic rings. The van der Waals surface area contributed by atoms with Crippen molar-refractivity contribution in [1.29, 1.82) is 0 Å². The highest BCUT2D eigenvalue weighted by Gasteiger charge is 2.14. The summed E-state index contributed by atoms with van der Waals surface area (Å²) in [6.07, 6.45) is 0. The molecule has 7 heteroatoms. The molecule has 0 saturated heterocycles. The summed E-state index contributed by atoms with van der Waals surface area (Å²) in [5, 5.41) is 14.6. The Morgan fingerprint density at radius 3 is 2.89 bits per heavy atom. The normalized spacial score (nSPS) is 12.2. The van der Waals surface area contributed by atoms with Gasteiger partial charge < -0.3 is 10.8 Å². The van der Waals surface area contributed by atoms with Crippen molar-refractivity contribution >= 4 is 38.3 Å². The number of aromatic hydroxyl groups is 1. The van der Waals surface area contributed by atoms with Crippen molar-refractivity contribution in [2.75, 3.05) is 5.32 Å². The minimum Gasteiger partial charge on any atom is -0.507 e. The quantitative estimate of drug-likeness (QED) is 0.800. The van der Waals surface area contributed by atoms with Gasteiger partial charge in [-0.1, -0.05) is 15.9 Å². The predicted molar refractivity (Wildman–Crippen MR) is 78.5 cm³/mol. The third-order valence-corrected chi connectivity index (χ3v) is 3.68. The molecule has 0 saturated carbocycles. The van der Waals surface area contributed by atoms with E-state index in [4.69, 9.17) is 5.73 Å². The lowest BCUT2D eigenvalue weighted by molar-refractivity contribution is 0.102. The number of hydrogen-bond donors (Lipinski definition) is 3. The number of carbonyl (C=O) groups is 1. The largest absolute Gasteiger partial charge is 0.507 e. The highest BCUT2D eigenvalue weighted by atomic mass is 79.9. The first-order valence-electron chi connectivity index (χ1n) is 5.48. The smallest absolute Gasteiger partial charge is 0.261 e. The molecule has 0 bridgehead atoms. The summed E-state index contributed by atoms with van der Waals surface area (Å²) in [6.45, 7) is 1.82. The van der Waals surface area contributed by atoms with Crippen molar-refractivity contribution in [3.05, 3.63) is 39.3 Å². The molecule has 0 aliphatic carbocycles. The number of nitrogens with zero attached hydrogens (tertiary/aromatic N) is 1. The summed E-state index contributed by atoms with van der Waals surface area (Å²) >= 11 is 4.51. The van der Waals surface area contributed by atoms with Gasteiger partial charge in [0.2, 0.25) is 0 Å².